The molecular weight excluding hydrogens is 270 g/mol. The van der Waals surface area contributed by atoms with Crippen molar-refractivity contribution >= 4 is 39.6 Å². The number of rotatable bonds is 8. The lowest BCUT2D eigenvalue weighted by Gasteiger charge is -2.12. The number of urea groups is 1. The first kappa shape index (κ1) is 15.9. The smallest absolute Gasteiger partial charge is 0.327 e. The van der Waals surface area contributed by atoms with Gasteiger partial charge in [-0.05, 0) is 0 Å². The maximum absolute atomic E-state index is 10.7. The Morgan fingerprint density at radius 2 is 1.65 bits per heavy atom. The number of carbonyl (C=O) groups is 3. The molecule has 0 rings (SSSR count). The molecule has 8 nitrogen and oxygen atoms in total. The van der Waals surface area contributed by atoms with Crippen molar-refractivity contribution in [3.8, 4) is 0 Å². The Labute approximate surface area is 105 Å². The van der Waals surface area contributed by atoms with Crippen LogP contribution >= 0.6 is 21.6 Å². The summed E-state index contributed by atoms with van der Waals surface area (Å²) in [6.45, 7) is 0. The van der Waals surface area contributed by atoms with Crippen LogP contribution in [0, 0.1) is 0 Å². The van der Waals surface area contributed by atoms with Gasteiger partial charge in [0.1, 0.15) is 12.1 Å². The van der Waals surface area contributed by atoms with Crippen LogP contribution in [-0.4, -0.2) is 51.8 Å². The minimum Gasteiger partial charge on any atom is -0.480 e. The second-order valence-electron chi connectivity index (χ2n) is 2.91. The van der Waals surface area contributed by atoms with Crippen LogP contribution in [0.3, 0.4) is 0 Å². The van der Waals surface area contributed by atoms with E-state index in [4.69, 9.17) is 21.7 Å². The minimum atomic E-state index is -1.21. The third kappa shape index (κ3) is 7.71. The van der Waals surface area contributed by atoms with E-state index in [2.05, 4.69) is 0 Å². The second kappa shape index (κ2) is 8.03. The molecule has 98 valence electrons. The molecular formula is C7H13N3O5S2. The number of carbonyl (C=O) groups excluding carboxylic acids is 1. The molecule has 2 amide bonds. The standard InChI is InChI=1S/C7H13N3O5S2/c8-3(5(11)12)1-16-17-2-4(6(13)14)10-7(9)15/h3-4H,1-2,8H2,(H,11,12)(H,13,14)(H3,9,10,15). The quantitative estimate of drug-likeness (QED) is 0.277. The van der Waals surface area contributed by atoms with Crippen LogP contribution in [-0.2, 0) is 9.59 Å². The molecule has 0 aliphatic carbocycles. The summed E-state index contributed by atoms with van der Waals surface area (Å²) in [4.78, 5) is 31.5. The lowest BCUT2D eigenvalue weighted by molar-refractivity contribution is -0.139. The first-order valence-corrected chi connectivity index (χ1v) is 6.85. The summed E-state index contributed by atoms with van der Waals surface area (Å²) < 4.78 is 0. The van der Waals surface area contributed by atoms with Gasteiger partial charge in [0.15, 0.2) is 0 Å². The Bertz CT molecular complexity index is 301. The molecule has 0 saturated carbocycles. The summed E-state index contributed by atoms with van der Waals surface area (Å²) in [7, 11) is 2.22. The highest BCUT2D eigenvalue weighted by Gasteiger charge is 2.19. The maximum Gasteiger partial charge on any atom is 0.327 e. The number of hydrogen-bond acceptors (Lipinski definition) is 6. The van der Waals surface area contributed by atoms with Crippen molar-refractivity contribution in [2.75, 3.05) is 11.5 Å². The van der Waals surface area contributed by atoms with Gasteiger partial charge in [-0.1, -0.05) is 21.6 Å². The van der Waals surface area contributed by atoms with E-state index in [1.54, 1.807) is 0 Å². The minimum absolute atomic E-state index is 0.0648. The highest BCUT2D eigenvalue weighted by molar-refractivity contribution is 8.76. The van der Waals surface area contributed by atoms with Crippen molar-refractivity contribution in [1.82, 2.24) is 5.32 Å². The SMILES string of the molecule is NC(=O)NC(CSSCC(N)C(=O)O)C(=O)O. The van der Waals surface area contributed by atoms with Crippen LogP contribution in [0.5, 0.6) is 0 Å². The van der Waals surface area contributed by atoms with E-state index in [1.165, 1.54) is 0 Å². The lowest BCUT2D eigenvalue weighted by Crippen LogP contribution is -2.45. The number of nitrogens with two attached hydrogens (primary N) is 2. The molecule has 0 heterocycles. The van der Waals surface area contributed by atoms with Crippen LogP contribution < -0.4 is 16.8 Å². The van der Waals surface area contributed by atoms with E-state index in [0.29, 0.717) is 0 Å². The Morgan fingerprint density at radius 3 is 2.06 bits per heavy atom. The Morgan fingerprint density at radius 1 is 1.12 bits per heavy atom. The third-order valence-electron chi connectivity index (χ3n) is 1.50. The van der Waals surface area contributed by atoms with Gasteiger partial charge < -0.3 is 27.0 Å². The van der Waals surface area contributed by atoms with E-state index in [1.807, 2.05) is 5.32 Å². The average molecular weight is 283 g/mol. The van der Waals surface area contributed by atoms with E-state index in [-0.39, 0.29) is 11.5 Å². The molecule has 2 atom stereocenters. The van der Waals surface area contributed by atoms with Gasteiger partial charge in [-0.2, -0.15) is 0 Å². The highest BCUT2D eigenvalue weighted by Crippen LogP contribution is 2.22. The van der Waals surface area contributed by atoms with Gasteiger partial charge in [-0.15, -0.1) is 0 Å². The molecule has 0 fully saturated rings. The fourth-order valence-electron chi connectivity index (χ4n) is 0.655. The first-order valence-electron chi connectivity index (χ1n) is 4.36. The van der Waals surface area contributed by atoms with Gasteiger partial charge in [-0.25, -0.2) is 9.59 Å². The Kier molecular flexibility index (Phi) is 7.50. The van der Waals surface area contributed by atoms with E-state index >= 15 is 0 Å². The van der Waals surface area contributed by atoms with Crippen molar-refractivity contribution in [3.63, 3.8) is 0 Å². The van der Waals surface area contributed by atoms with E-state index in [9.17, 15) is 14.4 Å². The number of amides is 2. The summed E-state index contributed by atoms with van der Waals surface area (Å²) in [6, 6.07) is -3.03. The molecule has 0 aliphatic rings. The third-order valence-corrected chi connectivity index (χ3v) is 3.95. The van der Waals surface area contributed by atoms with Gasteiger partial charge in [0, 0.05) is 11.5 Å². The molecule has 0 aliphatic heterocycles. The zero-order valence-corrected chi connectivity index (χ0v) is 10.3. The van der Waals surface area contributed by atoms with Crippen molar-refractivity contribution in [3.05, 3.63) is 0 Å². The molecule has 0 radical (unpaired) electrons. The number of hydrogen-bond donors (Lipinski definition) is 5. The first-order chi connectivity index (χ1) is 7.84. The number of nitrogens with one attached hydrogen (secondary N) is 1. The van der Waals surface area contributed by atoms with Crippen LogP contribution in [0.4, 0.5) is 4.79 Å². The largest absolute Gasteiger partial charge is 0.480 e. The van der Waals surface area contributed by atoms with Gasteiger partial charge in [0.25, 0.3) is 0 Å². The summed E-state index contributed by atoms with van der Waals surface area (Å²) in [5, 5.41) is 19.2. The van der Waals surface area contributed by atoms with Crippen LogP contribution in [0.15, 0.2) is 0 Å². The summed E-state index contributed by atoms with van der Waals surface area (Å²) in [5.41, 5.74) is 10.0. The summed E-state index contributed by atoms with van der Waals surface area (Å²) >= 11 is 0. The average Bonchev–Trinajstić information content (AvgIpc) is 2.21. The van der Waals surface area contributed by atoms with Crippen LogP contribution in [0.2, 0.25) is 0 Å². The number of primary amides is 1. The van der Waals surface area contributed by atoms with Gasteiger partial charge >= 0.3 is 18.0 Å². The van der Waals surface area contributed by atoms with E-state index < -0.39 is 30.1 Å². The molecule has 0 aromatic rings. The van der Waals surface area contributed by atoms with E-state index in [0.717, 1.165) is 21.6 Å². The molecule has 0 bridgehead atoms. The normalized spacial score (nSPS) is 13.7. The Hall–Kier alpha value is -1.13. The van der Waals surface area contributed by atoms with Gasteiger partial charge in [-0.3, -0.25) is 4.79 Å². The summed E-state index contributed by atoms with van der Waals surface area (Å²) in [6.07, 6.45) is 0. The van der Waals surface area contributed by atoms with Gasteiger partial charge in [0.2, 0.25) is 0 Å². The maximum atomic E-state index is 10.7. The second-order valence-corrected chi connectivity index (χ2v) is 5.47. The lowest BCUT2D eigenvalue weighted by atomic mass is 10.3. The summed E-state index contributed by atoms with van der Waals surface area (Å²) in [5.74, 6) is -2.12. The number of carboxylic acid groups (broad SMARTS) is 2. The van der Waals surface area contributed by atoms with Crippen molar-refractivity contribution in [2.24, 2.45) is 11.5 Å². The molecule has 7 N–H and O–H groups in total. The fraction of sp³-hybridized carbons (Fsp3) is 0.571. The molecule has 0 aromatic carbocycles. The predicted molar refractivity (Wildman–Crippen MR) is 64.7 cm³/mol. The van der Waals surface area contributed by atoms with Crippen molar-refractivity contribution in [1.29, 1.82) is 0 Å². The zero-order valence-electron chi connectivity index (χ0n) is 8.66. The molecule has 0 aromatic heterocycles. The topological polar surface area (TPSA) is 156 Å². The van der Waals surface area contributed by atoms with Gasteiger partial charge in [0.05, 0.1) is 0 Å². The molecule has 17 heavy (non-hydrogen) atoms. The Balaban J connectivity index is 3.87. The van der Waals surface area contributed by atoms with Crippen LogP contribution in [0.25, 0.3) is 0 Å². The highest BCUT2D eigenvalue weighted by atomic mass is 33.1. The van der Waals surface area contributed by atoms with Crippen LogP contribution in [0.1, 0.15) is 0 Å². The number of aliphatic carboxylic acids is 2. The fourth-order valence-corrected chi connectivity index (χ4v) is 2.92. The zero-order chi connectivity index (χ0) is 13.4. The molecule has 2 unspecified atom stereocenters. The molecule has 0 spiro atoms. The predicted octanol–water partition coefficient (Wildman–Crippen LogP) is -1.10. The van der Waals surface area contributed by atoms with Crippen molar-refractivity contribution in [2.45, 2.75) is 12.1 Å². The monoisotopic (exact) mass is 283 g/mol. The molecule has 0 saturated heterocycles. The molecule has 10 heteroatoms. The van der Waals surface area contributed by atoms with Crippen molar-refractivity contribution < 1.29 is 24.6 Å². The number of carboxylic acids is 2.